The van der Waals surface area contributed by atoms with Crippen LogP contribution in [0.5, 0.6) is 0 Å². The molecular formula is C33H56N4O8. The van der Waals surface area contributed by atoms with Crippen molar-refractivity contribution in [1.82, 2.24) is 20.0 Å². The number of nitrogens with one attached hydrogen (secondary N) is 1. The van der Waals surface area contributed by atoms with E-state index in [0.717, 1.165) is 32.1 Å². The molecule has 0 aromatic heterocycles. The van der Waals surface area contributed by atoms with Crippen LogP contribution >= 0.6 is 0 Å². The van der Waals surface area contributed by atoms with Crippen molar-refractivity contribution in [2.75, 3.05) is 27.8 Å². The van der Waals surface area contributed by atoms with Crippen molar-refractivity contribution in [3.8, 4) is 0 Å². The second kappa shape index (κ2) is 15.7. The molecule has 45 heavy (non-hydrogen) atoms. The molecule has 2 aliphatic heterocycles. The van der Waals surface area contributed by atoms with Gasteiger partial charge in [-0.1, -0.05) is 34.1 Å². The van der Waals surface area contributed by atoms with E-state index in [-0.39, 0.29) is 59.9 Å². The van der Waals surface area contributed by atoms with Gasteiger partial charge in [0.15, 0.2) is 0 Å². The summed E-state index contributed by atoms with van der Waals surface area (Å²) in [5.41, 5.74) is 0. The Morgan fingerprint density at radius 3 is 2.22 bits per heavy atom. The number of methoxy groups -OCH3 is 2. The first-order valence-corrected chi connectivity index (χ1v) is 16.6. The maximum Gasteiger partial charge on any atom is 0.308 e. The van der Waals surface area contributed by atoms with E-state index in [1.807, 2.05) is 27.7 Å². The lowest BCUT2D eigenvalue weighted by Crippen LogP contribution is -2.60. The first-order chi connectivity index (χ1) is 21.2. The number of piperidine rings is 1. The number of amides is 4. The zero-order chi connectivity index (χ0) is 33.7. The standard InChI is InChI=1S/C33H56N4O8/c1-10-19(4)28(25(44-8)17-26(39)36-15-11-12-24(36)30(45-9)20(5)33(42)43)35(7)32(41)27(18(2)3)34-31(40)29-22-13-14-23(16-22)37(29)21(6)38/h18-20,22-25,27-30H,10-17H2,1-9H3,(H,34,40)(H,42,43)/t19-,20+,22-,23+,24-,25+,27-,28-,29-,30+/m0/s1. The molecule has 3 fully saturated rings. The summed E-state index contributed by atoms with van der Waals surface area (Å²) in [5, 5.41) is 12.6. The van der Waals surface area contributed by atoms with Crippen molar-refractivity contribution in [2.45, 2.75) is 129 Å². The average Bonchev–Trinajstić information content (AvgIpc) is 3.76. The summed E-state index contributed by atoms with van der Waals surface area (Å²) in [4.78, 5) is 70.8. The maximum atomic E-state index is 14.2. The number of fused-ring (bicyclic) bond motifs is 2. The number of likely N-dealkylation sites (N-methyl/N-ethyl adjacent to an activating group) is 1. The van der Waals surface area contributed by atoms with Gasteiger partial charge in [-0.2, -0.15) is 0 Å². The number of carboxylic acids is 1. The molecule has 0 spiro atoms. The van der Waals surface area contributed by atoms with E-state index < -0.39 is 42.2 Å². The number of carbonyl (C=O) groups is 5. The number of carboxylic acid groups (broad SMARTS) is 1. The van der Waals surface area contributed by atoms with Gasteiger partial charge < -0.3 is 34.6 Å². The van der Waals surface area contributed by atoms with Gasteiger partial charge in [-0.05, 0) is 56.8 Å². The third-order valence-corrected chi connectivity index (χ3v) is 10.7. The summed E-state index contributed by atoms with van der Waals surface area (Å²) in [6.07, 6.45) is 3.45. The smallest absolute Gasteiger partial charge is 0.308 e. The Morgan fingerprint density at radius 1 is 1.02 bits per heavy atom. The molecule has 2 bridgehead atoms. The van der Waals surface area contributed by atoms with Crippen molar-refractivity contribution in [3.05, 3.63) is 0 Å². The van der Waals surface area contributed by atoms with Gasteiger partial charge in [-0.15, -0.1) is 0 Å². The fourth-order valence-corrected chi connectivity index (χ4v) is 8.05. The van der Waals surface area contributed by atoms with Crippen molar-refractivity contribution >= 4 is 29.6 Å². The Bertz CT molecular complexity index is 1080. The normalized spacial score (nSPS) is 26.7. The van der Waals surface area contributed by atoms with Crippen LogP contribution in [0.2, 0.25) is 0 Å². The van der Waals surface area contributed by atoms with Gasteiger partial charge in [0.2, 0.25) is 23.6 Å². The molecule has 1 aliphatic carbocycles. The van der Waals surface area contributed by atoms with Gasteiger partial charge in [0.05, 0.1) is 36.6 Å². The van der Waals surface area contributed by atoms with E-state index in [2.05, 4.69) is 5.32 Å². The molecule has 0 aromatic rings. The quantitative estimate of drug-likeness (QED) is 0.279. The van der Waals surface area contributed by atoms with Gasteiger partial charge >= 0.3 is 5.97 Å². The van der Waals surface area contributed by atoms with Crippen LogP contribution in [-0.2, 0) is 33.4 Å². The molecule has 0 unspecified atom stereocenters. The number of hydrogen-bond acceptors (Lipinski definition) is 7. The van der Waals surface area contributed by atoms with E-state index in [1.165, 1.54) is 21.1 Å². The number of rotatable bonds is 15. The number of likely N-dealkylation sites (tertiary alicyclic amines) is 2. The first-order valence-electron chi connectivity index (χ1n) is 16.6. The average molecular weight is 637 g/mol. The monoisotopic (exact) mass is 636 g/mol. The highest BCUT2D eigenvalue weighted by molar-refractivity contribution is 5.93. The largest absolute Gasteiger partial charge is 0.481 e. The van der Waals surface area contributed by atoms with Crippen molar-refractivity contribution in [2.24, 2.45) is 23.7 Å². The molecule has 12 heteroatoms. The van der Waals surface area contributed by atoms with E-state index in [4.69, 9.17) is 9.47 Å². The Kier molecular flexibility index (Phi) is 12.8. The summed E-state index contributed by atoms with van der Waals surface area (Å²) in [7, 11) is 4.71. The van der Waals surface area contributed by atoms with E-state index in [1.54, 1.807) is 28.7 Å². The lowest BCUT2D eigenvalue weighted by molar-refractivity contribution is -0.152. The van der Waals surface area contributed by atoms with Crippen LogP contribution < -0.4 is 5.32 Å². The zero-order valence-electron chi connectivity index (χ0n) is 28.7. The minimum atomic E-state index is -0.978. The number of carbonyl (C=O) groups excluding carboxylic acids is 4. The molecule has 0 aromatic carbocycles. The Balaban J connectivity index is 1.79. The Hall–Kier alpha value is -2.73. The minimum absolute atomic E-state index is 0.00886. The third kappa shape index (κ3) is 7.81. The molecule has 10 atom stereocenters. The number of ether oxygens (including phenoxy) is 2. The molecule has 2 saturated heterocycles. The van der Waals surface area contributed by atoms with Crippen LogP contribution in [0.1, 0.15) is 86.5 Å². The zero-order valence-corrected chi connectivity index (χ0v) is 28.7. The van der Waals surface area contributed by atoms with Gasteiger partial charge in [-0.3, -0.25) is 24.0 Å². The van der Waals surface area contributed by atoms with Gasteiger partial charge in [0, 0.05) is 40.8 Å². The van der Waals surface area contributed by atoms with Crippen LogP contribution in [0.25, 0.3) is 0 Å². The molecule has 4 amide bonds. The highest BCUT2D eigenvalue weighted by Crippen LogP contribution is 2.42. The maximum absolute atomic E-state index is 14.2. The second-order valence-corrected chi connectivity index (χ2v) is 13.8. The Labute approximate surface area is 268 Å². The fraction of sp³-hybridized carbons (Fsp3) is 0.848. The van der Waals surface area contributed by atoms with E-state index in [9.17, 15) is 29.1 Å². The molecule has 2 heterocycles. The number of hydrogen-bond donors (Lipinski definition) is 2. The lowest BCUT2D eigenvalue weighted by Gasteiger charge is -2.41. The molecule has 2 N–H and O–H groups in total. The van der Waals surface area contributed by atoms with Gasteiger partial charge in [-0.25, -0.2) is 0 Å². The molecule has 1 saturated carbocycles. The molecule has 3 aliphatic rings. The summed E-state index contributed by atoms with van der Waals surface area (Å²) in [6.45, 7) is 11.4. The number of nitrogens with zero attached hydrogens (tertiary/aromatic N) is 3. The highest BCUT2D eigenvalue weighted by atomic mass is 16.5. The third-order valence-electron chi connectivity index (χ3n) is 10.7. The molecular weight excluding hydrogens is 580 g/mol. The van der Waals surface area contributed by atoms with Crippen molar-refractivity contribution in [1.29, 1.82) is 0 Å². The van der Waals surface area contributed by atoms with Crippen LogP contribution in [0.4, 0.5) is 0 Å². The van der Waals surface area contributed by atoms with E-state index in [0.29, 0.717) is 13.0 Å². The van der Waals surface area contributed by atoms with Crippen molar-refractivity contribution < 1.29 is 38.6 Å². The predicted octanol–water partition coefficient (Wildman–Crippen LogP) is 2.53. The van der Waals surface area contributed by atoms with Crippen LogP contribution in [0.3, 0.4) is 0 Å². The minimum Gasteiger partial charge on any atom is -0.481 e. The summed E-state index contributed by atoms with van der Waals surface area (Å²) < 4.78 is 11.5. The molecule has 3 rings (SSSR count). The van der Waals surface area contributed by atoms with Crippen LogP contribution in [-0.4, -0.2) is 120 Å². The Morgan fingerprint density at radius 2 is 1.69 bits per heavy atom. The lowest BCUT2D eigenvalue weighted by atomic mass is 9.89. The van der Waals surface area contributed by atoms with Crippen LogP contribution in [0.15, 0.2) is 0 Å². The van der Waals surface area contributed by atoms with Crippen LogP contribution in [0, 0.1) is 23.7 Å². The summed E-state index contributed by atoms with van der Waals surface area (Å²) >= 11 is 0. The fourth-order valence-electron chi connectivity index (χ4n) is 8.05. The molecule has 256 valence electrons. The van der Waals surface area contributed by atoms with Gasteiger partial charge in [0.25, 0.3) is 0 Å². The second-order valence-electron chi connectivity index (χ2n) is 13.8. The SMILES string of the molecule is CC[C@H](C)[C@@H]([C@@H](CC(=O)N1CCC[C@H]1[C@H](OC)[C@@H](C)C(=O)O)OC)N(C)C(=O)[C@@H](NC(=O)[C@@H]1[C@H]2CC[C@H](C2)N1C(C)=O)C(C)C. The topological polar surface area (TPSA) is 146 Å². The molecule has 0 radical (unpaired) electrons. The summed E-state index contributed by atoms with van der Waals surface area (Å²) in [6, 6.07) is -2.14. The van der Waals surface area contributed by atoms with E-state index >= 15 is 0 Å². The van der Waals surface area contributed by atoms with Gasteiger partial charge in [0.1, 0.15) is 12.1 Å². The molecule has 12 nitrogen and oxygen atoms in total. The number of aliphatic carboxylic acids is 1. The summed E-state index contributed by atoms with van der Waals surface area (Å²) in [5.74, 6) is -2.78. The first kappa shape index (κ1) is 36.7. The highest BCUT2D eigenvalue weighted by Gasteiger charge is 2.51. The predicted molar refractivity (Wildman–Crippen MR) is 168 cm³/mol. The van der Waals surface area contributed by atoms with Crippen molar-refractivity contribution in [3.63, 3.8) is 0 Å².